The first-order chi connectivity index (χ1) is 17.7. The zero-order valence-electron chi connectivity index (χ0n) is 21.8. The van der Waals surface area contributed by atoms with Gasteiger partial charge in [0.15, 0.2) is 0 Å². The molecule has 2 aliphatic heterocycles. The molecule has 0 N–H and O–H groups in total. The zero-order valence-corrected chi connectivity index (χ0v) is 21.8. The van der Waals surface area contributed by atoms with Crippen LogP contribution in [-0.4, -0.2) is 72.9 Å². The van der Waals surface area contributed by atoms with Gasteiger partial charge in [0.05, 0.1) is 18.2 Å². The number of unbranched alkanes of at least 4 members (excludes halogenated alkanes) is 7. The van der Waals surface area contributed by atoms with E-state index >= 15 is 0 Å². The number of ether oxygens (including phenoxy) is 1. The van der Waals surface area contributed by atoms with E-state index < -0.39 is 0 Å². The maximum atomic E-state index is 12.4. The standard InChI is InChI=1S/C30H41N3O3/c1-36-26-16-14-25(15-17-26)24-32-22-20-31(21-23-32)18-10-6-4-2-3-5-7-11-19-33-29(34)27-12-8-9-13-28(27)30(33)35/h8-9,12-17H,2-7,10-11,18-24H2,1H3. The smallest absolute Gasteiger partial charge is 0.261 e. The molecule has 0 aromatic heterocycles. The van der Waals surface area contributed by atoms with Crippen molar-refractivity contribution in [3.8, 4) is 5.75 Å². The molecule has 2 aromatic rings. The highest BCUT2D eigenvalue weighted by molar-refractivity contribution is 6.21. The van der Waals surface area contributed by atoms with E-state index in [0.717, 1.165) is 38.2 Å². The van der Waals surface area contributed by atoms with Crippen molar-refractivity contribution in [3.05, 3.63) is 65.2 Å². The maximum absolute atomic E-state index is 12.4. The molecule has 6 heteroatoms. The van der Waals surface area contributed by atoms with Crippen LogP contribution in [0.3, 0.4) is 0 Å². The van der Waals surface area contributed by atoms with Gasteiger partial charge in [-0.1, -0.05) is 62.8 Å². The minimum absolute atomic E-state index is 0.130. The van der Waals surface area contributed by atoms with Crippen LogP contribution in [0.25, 0.3) is 0 Å². The van der Waals surface area contributed by atoms with E-state index in [-0.39, 0.29) is 11.8 Å². The van der Waals surface area contributed by atoms with E-state index in [1.54, 1.807) is 19.2 Å². The fraction of sp³-hybridized carbons (Fsp3) is 0.533. The summed E-state index contributed by atoms with van der Waals surface area (Å²) in [4.78, 5) is 31.4. The van der Waals surface area contributed by atoms with Crippen LogP contribution in [0.4, 0.5) is 0 Å². The minimum atomic E-state index is -0.130. The molecule has 0 spiro atoms. The van der Waals surface area contributed by atoms with Gasteiger partial charge in [0.25, 0.3) is 11.8 Å². The van der Waals surface area contributed by atoms with Gasteiger partial charge in [0.2, 0.25) is 0 Å². The molecule has 0 bridgehead atoms. The number of amides is 2. The number of hydrogen-bond acceptors (Lipinski definition) is 5. The van der Waals surface area contributed by atoms with Crippen molar-refractivity contribution in [2.24, 2.45) is 0 Å². The number of imide groups is 1. The molecule has 0 atom stereocenters. The Labute approximate surface area is 216 Å². The molecule has 6 nitrogen and oxygen atoms in total. The summed E-state index contributed by atoms with van der Waals surface area (Å²) >= 11 is 0. The fourth-order valence-electron chi connectivity index (χ4n) is 5.27. The number of hydrogen-bond donors (Lipinski definition) is 0. The number of carbonyl (C=O) groups excluding carboxylic acids is 2. The van der Waals surface area contributed by atoms with E-state index in [2.05, 4.69) is 21.9 Å². The second-order valence-corrected chi connectivity index (χ2v) is 10.1. The van der Waals surface area contributed by atoms with E-state index in [0.29, 0.717) is 17.7 Å². The number of fused-ring (bicyclic) bond motifs is 1. The summed E-state index contributed by atoms with van der Waals surface area (Å²) in [6.07, 6.45) is 9.58. The molecule has 36 heavy (non-hydrogen) atoms. The third-order valence-corrected chi connectivity index (χ3v) is 7.51. The van der Waals surface area contributed by atoms with Gasteiger partial charge in [0.1, 0.15) is 5.75 Å². The highest BCUT2D eigenvalue weighted by Gasteiger charge is 2.34. The quantitative estimate of drug-likeness (QED) is 0.268. The van der Waals surface area contributed by atoms with Crippen molar-refractivity contribution in [3.63, 3.8) is 0 Å². The monoisotopic (exact) mass is 491 g/mol. The van der Waals surface area contributed by atoms with Gasteiger partial charge in [-0.25, -0.2) is 0 Å². The Balaban J connectivity index is 0.975. The highest BCUT2D eigenvalue weighted by atomic mass is 16.5. The molecular formula is C30H41N3O3. The summed E-state index contributed by atoms with van der Waals surface area (Å²) < 4.78 is 5.25. The van der Waals surface area contributed by atoms with E-state index in [4.69, 9.17) is 4.74 Å². The van der Waals surface area contributed by atoms with Gasteiger partial charge in [-0.15, -0.1) is 0 Å². The Morgan fingerprint density at radius 2 is 1.14 bits per heavy atom. The van der Waals surface area contributed by atoms with Crippen LogP contribution in [-0.2, 0) is 6.54 Å². The summed E-state index contributed by atoms with van der Waals surface area (Å²) in [6.45, 7) is 7.42. The van der Waals surface area contributed by atoms with E-state index in [9.17, 15) is 9.59 Å². The Kier molecular flexibility index (Phi) is 9.93. The molecule has 0 radical (unpaired) electrons. The van der Waals surface area contributed by atoms with Crippen molar-refractivity contribution in [2.75, 3.05) is 46.4 Å². The lowest BCUT2D eigenvalue weighted by molar-refractivity contribution is 0.0651. The second kappa shape index (κ2) is 13.6. The van der Waals surface area contributed by atoms with Crippen molar-refractivity contribution in [1.29, 1.82) is 0 Å². The summed E-state index contributed by atoms with van der Waals surface area (Å²) in [5.74, 6) is 0.659. The molecule has 0 aliphatic carbocycles. The van der Waals surface area contributed by atoms with Crippen LogP contribution in [0.1, 0.15) is 77.6 Å². The van der Waals surface area contributed by atoms with Crippen LogP contribution in [0, 0.1) is 0 Å². The molecule has 1 saturated heterocycles. The molecule has 2 aliphatic rings. The molecule has 0 unspecified atom stereocenters. The highest BCUT2D eigenvalue weighted by Crippen LogP contribution is 2.23. The lowest BCUT2D eigenvalue weighted by Gasteiger charge is -2.34. The van der Waals surface area contributed by atoms with Crippen molar-refractivity contribution in [2.45, 2.75) is 57.9 Å². The van der Waals surface area contributed by atoms with E-state index in [1.807, 2.05) is 24.3 Å². The van der Waals surface area contributed by atoms with Crippen molar-refractivity contribution in [1.82, 2.24) is 14.7 Å². The van der Waals surface area contributed by atoms with Crippen molar-refractivity contribution >= 4 is 11.8 Å². The van der Waals surface area contributed by atoms with Crippen LogP contribution in [0.2, 0.25) is 0 Å². The van der Waals surface area contributed by atoms with Gasteiger partial charge in [-0.2, -0.15) is 0 Å². The van der Waals surface area contributed by atoms with Gasteiger partial charge in [-0.05, 0) is 49.2 Å². The van der Waals surface area contributed by atoms with Crippen LogP contribution in [0.15, 0.2) is 48.5 Å². The summed E-state index contributed by atoms with van der Waals surface area (Å²) in [6, 6.07) is 15.6. The van der Waals surface area contributed by atoms with Crippen LogP contribution < -0.4 is 4.74 Å². The summed E-state index contributed by atoms with van der Waals surface area (Å²) in [7, 11) is 1.71. The van der Waals surface area contributed by atoms with Gasteiger partial charge >= 0.3 is 0 Å². The van der Waals surface area contributed by atoms with Crippen LogP contribution in [0.5, 0.6) is 5.75 Å². The number of piperazine rings is 1. The molecule has 0 saturated carbocycles. The van der Waals surface area contributed by atoms with Gasteiger partial charge in [0, 0.05) is 39.3 Å². The number of methoxy groups -OCH3 is 1. The van der Waals surface area contributed by atoms with Gasteiger partial charge < -0.3 is 9.64 Å². The Bertz CT molecular complexity index is 948. The number of nitrogens with zero attached hydrogens (tertiary/aromatic N) is 3. The number of rotatable bonds is 14. The zero-order chi connectivity index (χ0) is 25.2. The second-order valence-electron chi connectivity index (χ2n) is 10.1. The minimum Gasteiger partial charge on any atom is -0.497 e. The lowest BCUT2D eigenvalue weighted by Crippen LogP contribution is -2.46. The Hall–Kier alpha value is -2.70. The fourth-order valence-corrected chi connectivity index (χ4v) is 5.27. The molecule has 1 fully saturated rings. The first-order valence-electron chi connectivity index (χ1n) is 13.7. The first kappa shape index (κ1) is 26.4. The van der Waals surface area contributed by atoms with Crippen molar-refractivity contribution < 1.29 is 14.3 Å². The molecule has 2 amide bonds. The van der Waals surface area contributed by atoms with Crippen LogP contribution >= 0.6 is 0 Å². The molecule has 194 valence electrons. The van der Waals surface area contributed by atoms with E-state index in [1.165, 1.54) is 68.6 Å². The first-order valence-corrected chi connectivity index (χ1v) is 13.7. The molecule has 4 rings (SSSR count). The predicted molar refractivity (Wildman–Crippen MR) is 143 cm³/mol. The summed E-state index contributed by atoms with van der Waals surface area (Å²) in [5.41, 5.74) is 2.46. The SMILES string of the molecule is COc1ccc(CN2CCN(CCCCCCCCCCN3C(=O)c4ccccc4C3=O)CC2)cc1. The lowest BCUT2D eigenvalue weighted by atomic mass is 10.1. The molecular weight excluding hydrogens is 450 g/mol. The average Bonchev–Trinajstić information content (AvgIpc) is 3.16. The summed E-state index contributed by atoms with van der Waals surface area (Å²) in [5, 5.41) is 0. The molecule has 2 heterocycles. The number of benzene rings is 2. The maximum Gasteiger partial charge on any atom is 0.261 e. The van der Waals surface area contributed by atoms with Gasteiger partial charge in [-0.3, -0.25) is 19.4 Å². The predicted octanol–water partition coefficient (Wildman–Crippen LogP) is 5.23. The number of carbonyl (C=O) groups is 2. The third kappa shape index (κ3) is 7.17. The average molecular weight is 492 g/mol. The third-order valence-electron chi connectivity index (χ3n) is 7.51. The Morgan fingerprint density at radius 3 is 1.69 bits per heavy atom. The Morgan fingerprint density at radius 1 is 0.639 bits per heavy atom. The molecule has 2 aromatic carbocycles. The topological polar surface area (TPSA) is 53.1 Å². The largest absolute Gasteiger partial charge is 0.497 e. The normalized spacial score (nSPS) is 16.5.